The molecular weight excluding hydrogens is 496 g/mol. The zero-order chi connectivity index (χ0) is 21.9. The van der Waals surface area contributed by atoms with Crippen LogP contribution in [0.5, 0.6) is 5.75 Å². The van der Waals surface area contributed by atoms with Crippen LogP contribution in [0.2, 0.25) is 0 Å². The van der Waals surface area contributed by atoms with Crippen LogP contribution in [-0.2, 0) is 20.5 Å². The zero-order valence-electron chi connectivity index (χ0n) is 18.1. The Morgan fingerprint density at radius 1 is 1.09 bits per heavy atom. The lowest BCUT2D eigenvalue weighted by molar-refractivity contribution is -0.0746. The van der Waals surface area contributed by atoms with E-state index in [0.717, 1.165) is 34.6 Å². The molecule has 1 saturated heterocycles. The van der Waals surface area contributed by atoms with E-state index in [0.29, 0.717) is 43.2 Å². The second-order valence-corrected chi connectivity index (χ2v) is 13.1. The quantitative estimate of drug-likeness (QED) is 0.576. The fourth-order valence-corrected chi connectivity index (χ4v) is 8.77. The van der Waals surface area contributed by atoms with E-state index in [2.05, 4.69) is 26.1 Å². The van der Waals surface area contributed by atoms with Gasteiger partial charge in [-0.25, -0.2) is 8.42 Å². The van der Waals surface area contributed by atoms with Gasteiger partial charge in [-0.1, -0.05) is 0 Å². The second kappa shape index (κ2) is 7.92. The predicted molar refractivity (Wildman–Crippen MR) is 122 cm³/mol. The molecule has 0 unspecified atom stereocenters. The molecule has 2 aromatic heterocycles. The van der Waals surface area contributed by atoms with Crippen LogP contribution in [0.4, 0.5) is 0 Å². The van der Waals surface area contributed by atoms with Crippen LogP contribution in [0, 0.1) is 23.2 Å². The highest BCUT2D eigenvalue weighted by molar-refractivity contribution is 9.10. The molecule has 32 heavy (non-hydrogen) atoms. The highest BCUT2D eigenvalue weighted by Gasteiger charge is 2.51. The lowest BCUT2D eigenvalue weighted by Crippen LogP contribution is -2.48. The minimum absolute atomic E-state index is 0.186. The Morgan fingerprint density at radius 3 is 2.41 bits per heavy atom. The third-order valence-electron chi connectivity index (χ3n) is 7.90. The summed E-state index contributed by atoms with van der Waals surface area (Å²) in [5.74, 6) is 3.64. The predicted octanol–water partition coefficient (Wildman–Crippen LogP) is 3.25. The number of nitrogens with zero attached hydrogens (tertiary/aromatic N) is 4. The molecule has 0 atom stereocenters. The summed E-state index contributed by atoms with van der Waals surface area (Å²) in [7, 11) is -3.47. The van der Waals surface area contributed by atoms with E-state index in [9.17, 15) is 8.42 Å². The number of fused-ring (bicyclic) bond motifs is 1. The molecular formula is C22H29BrN4O4S. The van der Waals surface area contributed by atoms with Gasteiger partial charge in [0.15, 0.2) is 11.5 Å². The van der Waals surface area contributed by atoms with E-state index in [-0.39, 0.29) is 5.75 Å². The van der Waals surface area contributed by atoms with Crippen molar-refractivity contribution in [2.24, 2.45) is 23.2 Å². The Bertz CT molecular complexity index is 1090. The zero-order valence-corrected chi connectivity index (χ0v) is 20.5. The summed E-state index contributed by atoms with van der Waals surface area (Å²) in [5, 5.41) is 8.40. The summed E-state index contributed by atoms with van der Waals surface area (Å²) in [5.41, 5.74) is 0.923. The van der Waals surface area contributed by atoms with Crippen LogP contribution >= 0.6 is 15.9 Å². The Hall–Kier alpha value is -1.23. The third-order valence-corrected chi connectivity index (χ3v) is 10.3. The van der Waals surface area contributed by atoms with Gasteiger partial charge in [0.05, 0.1) is 24.3 Å². The van der Waals surface area contributed by atoms with E-state index in [4.69, 9.17) is 9.47 Å². The number of hydrogen-bond acceptors (Lipinski definition) is 6. The molecule has 1 aliphatic heterocycles. The fourth-order valence-electron chi connectivity index (χ4n) is 6.93. The number of hydrogen-bond donors (Lipinski definition) is 0. The Labute approximate surface area is 196 Å². The van der Waals surface area contributed by atoms with Crippen LogP contribution in [-0.4, -0.2) is 60.2 Å². The number of morpholine rings is 1. The summed E-state index contributed by atoms with van der Waals surface area (Å²) in [4.78, 5) is 0. The summed E-state index contributed by atoms with van der Waals surface area (Å²) < 4.78 is 41.2. The summed E-state index contributed by atoms with van der Waals surface area (Å²) in [6.45, 7) is 2.36. The average Bonchev–Trinajstić information content (AvgIpc) is 3.12. The van der Waals surface area contributed by atoms with E-state index in [1.807, 2.05) is 12.3 Å². The van der Waals surface area contributed by atoms with E-state index >= 15 is 0 Å². The minimum Gasteiger partial charge on any atom is -0.492 e. The lowest BCUT2D eigenvalue weighted by Gasteiger charge is -2.56. The smallest absolute Gasteiger partial charge is 0.221 e. The van der Waals surface area contributed by atoms with Crippen molar-refractivity contribution in [1.82, 2.24) is 18.9 Å². The number of rotatable bonds is 6. The largest absolute Gasteiger partial charge is 0.492 e. The van der Waals surface area contributed by atoms with Crippen molar-refractivity contribution in [3.05, 3.63) is 22.6 Å². The Balaban J connectivity index is 1.19. The third kappa shape index (κ3) is 3.86. The van der Waals surface area contributed by atoms with Crippen molar-refractivity contribution in [1.29, 1.82) is 0 Å². The molecule has 10 heteroatoms. The van der Waals surface area contributed by atoms with Crippen LogP contribution in [0.15, 0.2) is 16.7 Å². The fraction of sp³-hybridized carbons (Fsp3) is 0.727. The Kier molecular flexibility index (Phi) is 5.28. The van der Waals surface area contributed by atoms with Gasteiger partial charge >= 0.3 is 0 Å². The molecule has 4 saturated carbocycles. The van der Waals surface area contributed by atoms with Gasteiger partial charge in [-0.15, -0.1) is 10.2 Å². The van der Waals surface area contributed by atoms with Gasteiger partial charge in [0, 0.05) is 30.8 Å². The van der Waals surface area contributed by atoms with E-state index in [1.54, 1.807) is 4.40 Å². The molecule has 0 radical (unpaired) electrons. The van der Waals surface area contributed by atoms with Crippen molar-refractivity contribution in [2.45, 2.75) is 44.3 Å². The number of halogens is 1. The van der Waals surface area contributed by atoms with Crippen molar-refractivity contribution in [3.63, 3.8) is 0 Å². The van der Waals surface area contributed by atoms with Gasteiger partial charge < -0.3 is 9.47 Å². The minimum atomic E-state index is -3.47. The lowest BCUT2D eigenvalue weighted by atomic mass is 9.50. The molecule has 0 spiro atoms. The normalized spacial score (nSPS) is 32.6. The Morgan fingerprint density at radius 2 is 1.75 bits per heavy atom. The van der Waals surface area contributed by atoms with Crippen molar-refractivity contribution < 1.29 is 17.9 Å². The standard InChI is InChI=1S/C22H29BrN4O4S/c23-18-12-27-20(24-25-21(27)13-32(28,29)26-1-3-30-4-2-26)8-19(18)31-14-22-9-15-5-16(10-22)7-17(6-15)11-22/h8,12,15-17H,1-7,9-11,13-14H2. The van der Waals surface area contributed by atoms with Gasteiger partial charge in [0.1, 0.15) is 11.5 Å². The van der Waals surface area contributed by atoms with Gasteiger partial charge in [-0.3, -0.25) is 4.40 Å². The molecule has 5 aliphatic rings. The van der Waals surface area contributed by atoms with Crippen LogP contribution in [0.1, 0.15) is 44.3 Å². The number of aromatic nitrogens is 3. The summed E-state index contributed by atoms with van der Waals surface area (Å²) >= 11 is 3.63. The maximum atomic E-state index is 12.8. The van der Waals surface area contributed by atoms with E-state index in [1.165, 1.54) is 42.8 Å². The molecule has 4 aliphatic carbocycles. The molecule has 4 bridgehead atoms. The first-order valence-electron chi connectivity index (χ1n) is 11.6. The van der Waals surface area contributed by atoms with Crippen molar-refractivity contribution in [3.8, 4) is 5.75 Å². The van der Waals surface area contributed by atoms with Gasteiger partial charge in [-0.2, -0.15) is 4.31 Å². The molecule has 3 heterocycles. The van der Waals surface area contributed by atoms with Gasteiger partial charge in [0.2, 0.25) is 10.0 Å². The van der Waals surface area contributed by atoms with Crippen molar-refractivity contribution in [2.75, 3.05) is 32.9 Å². The molecule has 2 aromatic rings. The van der Waals surface area contributed by atoms with E-state index < -0.39 is 10.0 Å². The van der Waals surface area contributed by atoms with Crippen LogP contribution in [0.25, 0.3) is 5.65 Å². The topological polar surface area (TPSA) is 86.0 Å². The highest BCUT2D eigenvalue weighted by Crippen LogP contribution is 2.60. The van der Waals surface area contributed by atoms with Crippen molar-refractivity contribution >= 4 is 31.6 Å². The first kappa shape index (κ1) is 21.3. The molecule has 8 nitrogen and oxygen atoms in total. The van der Waals surface area contributed by atoms with Gasteiger partial charge in [0.25, 0.3) is 0 Å². The number of ether oxygens (including phenoxy) is 2. The summed E-state index contributed by atoms with van der Waals surface area (Å²) in [6.07, 6.45) is 9.99. The molecule has 5 fully saturated rings. The second-order valence-electron chi connectivity index (χ2n) is 10.3. The first-order chi connectivity index (χ1) is 15.4. The first-order valence-corrected chi connectivity index (χ1v) is 14.0. The molecule has 0 aromatic carbocycles. The molecule has 0 amide bonds. The van der Waals surface area contributed by atoms with Crippen LogP contribution in [0.3, 0.4) is 0 Å². The molecule has 0 N–H and O–H groups in total. The SMILES string of the molecule is O=S(=O)(Cc1nnc2cc(OCC34CC5CC(CC(C5)C3)C4)c(Br)cn12)N1CCOCC1. The molecule has 174 valence electrons. The maximum absolute atomic E-state index is 12.8. The van der Waals surface area contributed by atoms with Gasteiger partial charge in [-0.05, 0) is 72.2 Å². The summed E-state index contributed by atoms with van der Waals surface area (Å²) in [6, 6.07) is 1.86. The molecule has 7 rings (SSSR count). The monoisotopic (exact) mass is 524 g/mol. The average molecular weight is 525 g/mol. The van der Waals surface area contributed by atoms with Crippen LogP contribution < -0.4 is 4.74 Å². The highest BCUT2D eigenvalue weighted by atomic mass is 79.9. The maximum Gasteiger partial charge on any atom is 0.221 e. The number of sulfonamides is 1. The number of pyridine rings is 1.